The molecule has 0 bridgehead atoms. The number of amides is 1. The minimum atomic E-state index is 0.0780. The smallest absolute Gasteiger partial charge is 0.229 e. The molecule has 1 heterocycles. The first-order chi connectivity index (χ1) is 7.15. The fraction of sp³-hybridized carbons (Fsp3) is 0.600. The highest BCUT2D eigenvalue weighted by Gasteiger charge is 2.09. The van der Waals surface area contributed by atoms with E-state index in [-0.39, 0.29) is 5.91 Å². The van der Waals surface area contributed by atoms with E-state index in [2.05, 4.69) is 10.5 Å². The van der Waals surface area contributed by atoms with Crippen molar-refractivity contribution in [2.24, 2.45) is 0 Å². The third kappa shape index (κ3) is 3.58. The van der Waals surface area contributed by atoms with Crippen LogP contribution in [0.25, 0.3) is 0 Å². The van der Waals surface area contributed by atoms with Gasteiger partial charge in [0.15, 0.2) is 0 Å². The maximum Gasteiger partial charge on any atom is 0.229 e. The van der Waals surface area contributed by atoms with Gasteiger partial charge in [-0.2, -0.15) is 0 Å². The molecule has 4 nitrogen and oxygen atoms in total. The van der Waals surface area contributed by atoms with Gasteiger partial charge < -0.3 is 9.84 Å². The Balaban J connectivity index is 2.35. The summed E-state index contributed by atoms with van der Waals surface area (Å²) in [4.78, 5) is 11.2. The lowest BCUT2D eigenvalue weighted by Crippen LogP contribution is -2.24. The van der Waals surface area contributed by atoms with Crippen LogP contribution in [0.3, 0.4) is 0 Å². The number of rotatable bonds is 5. The van der Waals surface area contributed by atoms with Crippen LogP contribution in [0.4, 0.5) is 0 Å². The molecule has 1 amide bonds. The Morgan fingerprint density at radius 2 is 2.27 bits per heavy atom. The molecule has 84 valence electrons. The third-order valence-corrected chi connectivity index (χ3v) is 2.99. The highest BCUT2D eigenvalue weighted by Crippen LogP contribution is 2.18. The Bertz CT molecular complexity index is 317. The van der Waals surface area contributed by atoms with E-state index in [4.69, 9.17) is 4.52 Å². The van der Waals surface area contributed by atoms with Gasteiger partial charge in [0.05, 0.1) is 11.4 Å². The topological polar surface area (TPSA) is 55.1 Å². The van der Waals surface area contributed by atoms with Crippen molar-refractivity contribution in [2.45, 2.75) is 26.5 Å². The molecule has 0 saturated heterocycles. The number of thioether (sulfide) groups is 1. The molecule has 15 heavy (non-hydrogen) atoms. The monoisotopic (exact) mass is 228 g/mol. The SMILES string of the molecule is CCNC(=O)CSCc1c(C)noc1C. The standard InChI is InChI=1S/C10H16N2O2S/c1-4-11-10(13)6-15-5-9-7(2)12-14-8(9)3/h4-6H2,1-3H3,(H,11,13). The molecule has 0 aliphatic rings. The fourth-order valence-corrected chi connectivity index (χ4v) is 2.21. The molecule has 0 spiro atoms. The van der Waals surface area contributed by atoms with Crippen LogP contribution in [0.15, 0.2) is 4.52 Å². The van der Waals surface area contributed by atoms with E-state index in [0.29, 0.717) is 12.3 Å². The molecule has 0 saturated carbocycles. The summed E-state index contributed by atoms with van der Waals surface area (Å²) in [7, 11) is 0. The van der Waals surface area contributed by atoms with E-state index in [9.17, 15) is 4.79 Å². The molecule has 1 N–H and O–H groups in total. The van der Waals surface area contributed by atoms with E-state index in [1.165, 1.54) is 0 Å². The van der Waals surface area contributed by atoms with Crippen LogP contribution in [0.2, 0.25) is 0 Å². The molecule has 0 atom stereocenters. The van der Waals surface area contributed by atoms with Gasteiger partial charge in [0.25, 0.3) is 0 Å². The molecule has 0 unspecified atom stereocenters. The number of carbonyl (C=O) groups is 1. The lowest BCUT2D eigenvalue weighted by Gasteiger charge is -2.01. The van der Waals surface area contributed by atoms with Crippen LogP contribution in [-0.4, -0.2) is 23.4 Å². The van der Waals surface area contributed by atoms with E-state index < -0.39 is 0 Å². The average molecular weight is 228 g/mol. The van der Waals surface area contributed by atoms with E-state index >= 15 is 0 Å². The number of hydrogen-bond donors (Lipinski definition) is 1. The zero-order chi connectivity index (χ0) is 11.3. The number of nitrogens with zero attached hydrogens (tertiary/aromatic N) is 1. The molecule has 0 aliphatic carbocycles. The maximum absolute atomic E-state index is 11.2. The normalized spacial score (nSPS) is 10.3. The zero-order valence-electron chi connectivity index (χ0n) is 9.29. The minimum Gasteiger partial charge on any atom is -0.361 e. The second kappa shape index (κ2) is 5.80. The van der Waals surface area contributed by atoms with Gasteiger partial charge in [-0.25, -0.2) is 0 Å². The van der Waals surface area contributed by atoms with Crippen LogP contribution < -0.4 is 5.32 Å². The van der Waals surface area contributed by atoms with E-state index in [1.54, 1.807) is 11.8 Å². The lowest BCUT2D eigenvalue weighted by molar-refractivity contribution is -0.118. The van der Waals surface area contributed by atoms with Crippen molar-refractivity contribution in [3.05, 3.63) is 17.0 Å². The van der Waals surface area contributed by atoms with Crippen molar-refractivity contribution >= 4 is 17.7 Å². The lowest BCUT2D eigenvalue weighted by atomic mass is 10.2. The Hall–Kier alpha value is -0.970. The van der Waals surface area contributed by atoms with Gasteiger partial charge in [0.1, 0.15) is 5.76 Å². The van der Waals surface area contributed by atoms with Gasteiger partial charge in [-0.3, -0.25) is 4.79 Å². The quantitative estimate of drug-likeness (QED) is 0.832. The first-order valence-corrected chi connectivity index (χ1v) is 6.06. The first-order valence-electron chi connectivity index (χ1n) is 4.91. The Labute approximate surface area is 93.8 Å². The summed E-state index contributed by atoms with van der Waals surface area (Å²) in [5, 5.41) is 6.62. The Morgan fingerprint density at radius 1 is 1.53 bits per heavy atom. The van der Waals surface area contributed by atoms with E-state index in [1.807, 2.05) is 20.8 Å². The molecule has 1 aromatic rings. The Kier molecular flexibility index (Phi) is 4.68. The highest BCUT2D eigenvalue weighted by molar-refractivity contribution is 7.99. The maximum atomic E-state index is 11.2. The van der Waals surface area contributed by atoms with Gasteiger partial charge in [-0.15, -0.1) is 11.8 Å². The number of nitrogens with one attached hydrogen (secondary N) is 1. The van der Waals surface area contributed by atoms with Gasteiger partial charge >= 0.3 is 0 Å². The number of aryl methyl sites for hydroxylation is 2. The van der Waals surface area contributed by atoms with Crippen LogP contribution in [0, 0.1) is 13.8 Å². The van der Waals surface area contributed by atoms with Gasteiger partial charge in [-0.1, -0.05) is 5.16 Å². The number of hydrogen-bond acceptors (Lipinski definition) is 4. The zero-order valence-corrected chi connectivity index (χ0v) is 10.1. The molecule has 0 aromatic carbocycles. The van der Waals surface area contributed by atoms with Crippen molar-refractivity contribution in [1.29, 1.82) is 0 Å². The minimum absolute atomic E-state index is 0.0780. The first kappa shape index (κ1) is 12.1. The molecule has 0 radical (unpaired) electrons. The van der Waals surface area contributed by atoms with Gasteiger partial charge in [0.2, 0.25) is 5.91 Å². The third-order valence-electron chi connectivity index (χ3n) is 2.03. The molecule has 0 fully saturated rings. The van der Waals surface area contributed by atoms with Crippen LogP contribution in [-0.2, 0) is 10.5 Å². The van der Waals surface area contributed by atoms with Crippen molar-refractivity contribution in [2.75, 3.05) is 12.3 Å². The summed E-state index contributed by atoms with van der Waals surface area (Å²) in [6.45, 7) is 6.40. The number of carbonyl (C=O) groups excluding carboxylic acids is 1. The van der Waals surface area contributed by atoms with Crippen molar-refractivity contribution in [1.82, 2.24) is 10.5 Å². The van der Waals surface area contributed by atoms with E-state index in [0.717, 1.165) is 22.8 Å². The fourth-order valence-electron chi connectivity index (χ4n) is 1.20. The molecule has 1 rings (SSSR count). The second-order valence-electron chi connectivity index (χ2n) is 3.25. The van der Waals surface area contributed by atoms with Crippen LogP contribution in [0.1, 0.15) is 23.9 Å². The predicted molar refractivity (Wildman–Crippen MR) is 60.8 cm³/mol. The van der Waals surface area contributed by atoms with Crippen LogP contribution >= 0.6 is 11.8 Å². The molecule has 0 aliphatic heterocycles. The van der Waals surface area contributed by atoms with Crippen molar-refractivity contribution in [3.63, 3.8) is 0 Å². The Morgan fingerprint density at radius 3 is 2.80 bits per heavy atom. The highest BCUT2D eigenvalue weighted by atomic mass is 32.2. The summed E-state index contributed by atoms with van der Waals surface area (Å²) in [5.41, 5.74) is 2.01. The summed E-state index contributed by atoms with van der Waals surface area (Å²) >= 11 is 1.58. The molecular formula is C10H16N2O2S. The summed E-state index contributed by atoms with van der Waals surface area (Å²) in [5.74, 6) is 2.18. The number of aromatic nitrogens is 1. The summed E-state index contributed by atoms with van der Waals surface area (Å²) in [6.07, 6.45) is 0. The molecule has 1 aromatic heterocycles. The largest absolute Gasteiger partial charge is 0.361 e. The summed E-state index contributed by atoms with van der Waals surface area (Å²) in [6, 6.07) is 0. The van der Waals surface area contributed by atoms with Crippen molar-refractivity contribution < 1.29 is 9.32 Å². The predicted octanol–water partition coefficient (Wildman–Crippen LogP) is 1.66. The van der Waals surface area contributed by atoms with Gasteiger partial charge in [-0.05, 0) is 20.8 Å². The average Bonchev–Trinajstić information content (AvgIpc) is 2.49. The molecular weight excluding hydrogens is 212 g/mol. The summed E-state index contributed by atoms with van der Waals surface area (Å²) < 4.78 is 5.04. The molecule has 5 heteroatoms. The van der Waals surface area contributed by atoms with Crippen molar-refractivity contribution in [3.8, 4) is 0 Å². The second-order valence-corrected chi connectivity index (χ2v) is 4.23. The van der Waals surface area contributed by atoms with Crippen LogP contribution in [0.5, 0.6) is 0 Å². The van der Waals surface area contributed by atoms with Gasteiger partial charge in [0, 0.05) is 17.9 Å².